The van der Waals surface area contributed by atoms with Crippen molar-refractivity contribution in [3.8, 4) is 11.8 Å². The monoisotopic (exact) mass is 450 g/mol. The second-order valence-electron chi connectivity index (χ2n) is 6.59. The molecule has 0 atom stereocenters. The number of nitrogens with zero attached hydrogens (tertiary/aromatic N) is 1. The predicted molar refractivity (Wildman–Crippen MR) is 119 cm³/mol. The van der Waals surface area contributed by atoms with Crippen LogP contribution in [0.5, 0.6) is 5.75 Å². The normalized spacial score (nSPS) is 10.8. The van der Waals surface area contributed by atoms with Gasteiger partial charge in [-0.05, 0) is 65.7 Å². The van der Waals surface area contributed by atoms with E-state index in [1.165, 1.54) is 36.4 Å². The maximum absolute atomic E-state index is 12.9. The molecule has 0 aromatic heterocycles. The molecule has 160 valence electrons. The van der Waals surface area contributed by atoms with Crippen LogP contribution in [0.2, 0.25) is 5.02 Å². The third-order valence-electron chi connectivity index (χ3n) is 4.32. The Hall–Kier alpha value is -4.15. The highest BCUT2D eigenvalue weighted by Gasteiger charge is 2.09. The molecule has 0 aliphatic rings. The fourth-order valence-corrected chi connectivity index (χ4v) is 2.98. The number of carbonyl (C=O) groups is 2. The first-order valence-corrected chi connectivity index (χ1v) is 9.67. The molecule has 0 bridgehead atoms. The fourth-order valence-electron chi connectivity index (χ4n) is 2.74. The Morgan fingerprint density at radius 1 is 1.06 bits per heavy atom. The van der Waals surface area contributed by atoms with Crippen LogP contribution in [0.25, 0.3) is 11.6 Å². The number of benzene rings is 3. The number of hydrogen-bond acceptors (Lipinski definition) is 4. The second-order valence-corrected chi connectivity index (χ2v) is 6.99. The molecule has 0 saturated carbocycles. The van der Waals surface area contributed by atoms with Gasteiger partial charge in [-0.2, -0.15) is 5.26 Å². The first-order valence-electron chi connectivity index (χ1n) is 9.29. The van der Waals surface area contributed by atoms with Crippen LogP contribution in [0.15, 0.2) is 66.7 Å². The van der Waals surface area contributed by atoms with E-state index in [0.29, 0.717) is 22.4 Å². The highest BCUT2D eigenvalue weighted by molar-refractivity contribution is 6.32. The third kappa shape index (κ3) is 5.94. The van der Waals surface area contributed by atoms with Gasteiger partial charge in [-0.15, -0.1) is 0 Å². The quantitative estimate of drug-likeness (QED) is 0.378. The summed E-state index contributed by atoms with van der Waals surface area (Å²) in [5.74, 6) is -1.61. The third-order valence-corrected chi connectivity index (χ3v) is 4.61. The molecule has 0 aliphatic carbocycles. The van der Waals surface area contributed by atoms with E-state index in [1.54, 1.807) is 36.4 Å². The number of aromatic carboxylic acids is 1. The zero-order chi connectivity index (χ0) is 23.1. The molecule has 0 saturated heterocycles. The van der Waals surface area contributed by atoms with Gasteiger partial charge < -0.3 is 15.2 Å². The number of nitriles is 1. The summed E-state index contributed by atoms with van der Waals surface area (Å²) >= 11 is 6.24. The van der Waals surface area contributed by atoms with Crippen LogP contribution < -0.4 is 10.1 Å². The smallest absolute Gasteiger partial charge is 0.335 e. The van der Waals surface area contributed by atoms with Crippen molar-refractivity contribution in [3.05, 3.63) is 94.3 Å². The van der Waals surface area contributed by atoms with Gasteiger partial charge in [-0.1, -0.05) is 29.8 Å². The number of anilines is 1. The van der Waals surface area contributed by atoms with E-state index < -0.39 is 17.7 Å². The number of carboxylic acids is 1. The van der Waals surface area contributed by atoms with E-state index in [9.17, 15) is 19.2 Å². The molecule has 0 radical (unpaired) electrons. The minimum absolute atomic E-state index is 0.124. The van der Waals surface area contributed by atoms with E-state index in [1.807, 2.05) is 0 Å². The van der Waals surface area contributed by atoms with Gasteiger partial charge in [0.05, 0.1) is 22.2 Å². The lowest BCUT2D eigenvalue weighted by Gasteiger charge is -2.09. The standard InChI is InChI=1S/C24H16ClFN2O4/c25-21-12-15(11-18(13-27)16-2-4-17(5-3-16)24(30)31)1-10-22(21)32-14-23(29)28-20-8-6-19(26)7-9-20/h1-12H,14H2,(H,28,29)(H,30,31)/b18-11-. The Bertz CT molecular complexity index is 1220. The summed E-state index contributed by atoms with van der Waals surface area (Å²) in [6, 6.07) is 18.2. The number of rotatable bonds is 7. The second kappa shape index (κ2) is 10.2. The number of carboxylic acid groups (broad SMARTS) is 1. The summed E-state index contributed by atoms with van der Waals surface area (Å²) < 4.78 is 18.4. The van der Waals surface area contributed by atoms with Gasteiger partial charge in [-0.25, -0.2) is 9.18 Å². The fraction of sp³-hybridized carbons (Fsp3) is 0.0417. The molecule has 32 heavy (non-hydrogen) atoms. The molecule has 0 aliphatic heterocycles. The lowest BCUT2D eigenvalue weighted by atomic mass is 10.0. The largest absolute Gasteiger partial charge is 0.482 e. The molecule has 6 nitrogen and oxygen atoms in total. The van der Waals surface area contributed by atoms with E-state index in [-0.39, 0.29) is 22.9 Å². The van der Waals surface area contributed by atoms with Crippen LogP contribution in [-0.4, -0.2) is 23.6 Å². The topological polar surface area (TPSA) is 99.4 Å². The molecular formula is C24H16ClFN2O4. The highest BCUT2D eigenvalue weighted by Crippen LogP contribution is 2.28. The molecule has 0 fully saturated rings. The SMILES string of the molecule is N#C/C(=C/c1ccc(OCC(=O)Nc2ccc(F)cc2)c(Cl)c1)c1ccc(C(=O)O)cc1. The molecule has 2 N–H and O–H groups in total. The van der Waals surface area contributed by atoms with Gasteiger partial charge in [0, 0.05) is 5.69 Å². The number of hydrogen-bond donors (Lipinski definition) is 2. The summed E-state index contributed by atoms with van der Waals surface area (Å²) in [6.07, 6.45) is 1.60. The van der Waals surface area contributed by atoms with Crippen molar-refractivity contribution in [2.24, 2.45) is 0 Å². The Balaban J connectivity index is 1.67. The van der Waals surface area contributed by atoms with Crippen molar-refractivity contribution in [1.82, 2.24) is 0 Å². The maximum Gasteiger partial charge on any atom is 0.335 e. The Morgan fingerprint density at radius 3 is 2.31 bits per heavy atom. The molecular weight excluding hydrogens is 435 g/mol. The molecule has 3 aromatic rings. The molecule has 8 heteroatoms. The minimum atomic E-state index is -1.05. The van der Waals surface area contributed by atoms with Crippen LogP contribution in [0.1, 0.15) is 21.5 Å². The lowest BCUT2D eigenvalue weighted by Crippen LogP contribution is -2.20. The van der Waals surface area contributed by atoms with Crippen molar-refractivity contribution < 1.29 is 23.8 Å². The zero-order valence-electron chi connectivity index (χ0n) is 16.5. The number of nitrogens with one attached hydrogen (secondary N) is 1. The van der Waals surface area contributed by atoms with Crippen LogP contribution in [-0.2, 0) is 4.79 Å². The summed E-state index contributed by atoms with van der Waals surface area (Å²) in [6.45, 7) is -0.300. The van der Waals surface area contributed by atoms with Crippen molar-refractivity contribution in [1.29, 1.82) is 5.26 Å². The summed E-state index contributed by atoms with van der Waals surface area (Å²) in [5.41, 5.74) is 2.07. The molecule has 0 heterocycles. The van der Waals surface area contributed by atoms with Crippen molar-refractivity contribution in [2.45, 2.75) is 0 Å². The van der Waals surface area contributed by atoms with E-state index in [4.69, 9.17) is 21.4 Å². The van der Waals surface area contributed by atoms with Crippen molar-refractivity contribution in [2.75, 3.05) is 11.9 Å². The summed E-state index contributed by atoms with van der Waals surface area (Å²) in [4.78, 5) is 23.0. The Morgan fingerprint density at radius 2 is 1.72 bits per heavy atom. The molecule has 0 spiro atoms. The number of allylic oxidation sites excluding steroid dienone is 1. The van der Waals surface area contributed by atoms with Gasteiger partial charge in [0.2, 0.25) is 0 Å². The predicted octanol–water partition coefficient (Wildman–Crippen LogP) is 5.26. The van der Waals surface area contributed by atoms with Gasteiger partial charge in [0.1, 0.15) is 11.6 Å². The van der Waals surface area contributed by atoms with Gasteiger partial charge in [-0.3, -0.25) is 4.79 Å². The van der Waals surface area contributed by atoms with E-state index >= 15 is 0 Å². The molecule has 3 aromatic carbocycles. The summed E-state index contributed by atoms with van der Waals surface area (Å²) in [7, 11) is 0. The maximum atomic E-state index is 12.9. The molecule has 0 unspecified atom stereocenters. The number of carbonyl (C=O) groups excluding carboxylic acids is 1. The minimum Gasteiger partial charge on any atom is -0.482 e. The van der Waals surface area contributed by atoms with E-state index in [2.05, 4.69) is 11.4 Å². The van der Waals surface area contributed by atoms with Gasteiger partial charge in [0.15, 0.2) is 6.61 Å². The zero-order valence-corrected chi connectivity index (χ0v) is 17.3. The molecule has 3 rings (SSSR count). The van der Waals surface area contributed by atoms with Crippen LogP contribution >= 0.6 is 11.6 Å². The summed E-state index contributed by atoms with van der Waals surface area (Å²) in [5, 5.41) is 21.3. The lowest BCUT2D eigenvalue weighted by molar-refractivity contribution is -0.118. The van der Waals surface area contributed by atoms with Crippen LogP contribution in [0, 0.1) is 17.1 Å². The first-order chi connectivity index (χ1) is 15.4. The Labute approximate surface area is 188 Å². The van der Waals surface area contributed by atoms with Crippen LogP contribution in [0.3, 0.4) is 0 Å². The van der Waals surface area contributed by atoms with Crippen LogP contribution in [0.4, 0.5) is 10.1 Å². The number of halogens is 2. The average molecular weight is 451 g/mol. The molecule has 1 amide bonds. The Kier molecular flexibility index (Phi) is 7.21. The first kappa shape index (κ1) is 22.5. The van der Waals surface area contributed by atoms with E-state index in [0.717, 1.165) is 0 Å². The van der Waals surface area contributed by atoms with Gasteiger partial charge >= 0.3 is 5.97 Å². The van der Waals surface area contributed by atoms with Gasteiger partial charge in [0.25, 0.3) is 5.91 Å². The van der Waals surface area contributed by atoms with Crippen molar-refractivity contribution in [3.63, 3.8) is 0 Å². The highest BCUT2D eigenvalue weighted by atomic mass is 35.5. The van der Waals surface area contributed by atoms with Crippen molar-refractivity contribution >= 4 is 40.8 Å². The number of ether oxygens (including phenoxy) is 1. The average Bonchev–Trinajstić information content (AvgIpc) is 2.78. The number of amides is 1.